The summed E-state index contributed by atoms with van der Waals surface area (Å²) in [5, 5.41) is 11.0. The number of β-amino-alcohol motifs (C(OH)–C–C–N with tert-alkyl or cyclic N) is 1. The van der Waals surface area contributed by atoms with Crippen molar-refractivity contribution in [1.82, 2.24) is 19.2 Å². The molecule has 0 aliphatic carbocycles. The Morgan fingerprint density at radius 1 is 1.11 bits per heavy atom. The quantitative estimate of drug-likeness (QED) is 0.419. The Balaban J connectivity index is 1.31. The number of imidazole rings is 1. The molecule has 1 unspecified atom stereocenters. The van der Waals surface area contributed by atoms with Gasteiger partial charge in [0.25, 0.3) is 5.91 Å². The molecule has 2 aliphatic rings. The number of nitrogens with zero attached hydrogens (tertiary/aromatic N) is 3. The molecule has 3 aromatic rings. The molecule has 3 heterocycles. The molecule has 5 rings (SSSR count). The normalized spacial score (nSPS) is 18.9. The first-order chi connectivity index (χ1) is 17.3. The number of hydrogen-bond donors (Lipinski definition) is 3. The third kappa shape index (κ3) is 5.22. The molecule has 2 aromatic carbocycles. The zero-order valence-electron chi connectivity index (χ0n) is 20.0. The van der Waals surface area contributed by atoms with Crippen LogP contribution in [0.5, 0.6) is 0 Å². The van der Waals surface area contributed by atoms with Crippen LogP contribution in [0.4, 0.5) is 0 Å². The fourth-order valence-corrected chi connectivity index (χ4v) is 6.52. The fraction of sp³-hybridized carbons (Fsp3) is 0.385. The molecule has 1 amide bonds. The zero-order valence-corrected chi connectivity index (χ0v) is 20.8. The number of carbonyl (C=O) groups excluding carboxylic acids is 1. The van der Waals surface area contributed by atoms with Gasteiger partial charge < -0.3 is 15.4 Å². The minimum atomic E-state index is -3.68. The van der Waals surface area contributed by atoms with Crippen molar-refractivity contribution in [2.75, 3.05) is 13.1 Å². The van der Waals surface area contributed by atoms with Gasteiger partial charge in [0, 0.05) is 45.1 Å². The summed E-state index contributed by atoms with van der Waals surface area (Å²) in [5.41, 5.74) is 8.96. The van der Waals surface area contributed by atoms with Gasteiger partial charge in [-0.2, -0.15) is 0 Å². The van der Waals surface area contributed by atoms with Gasteiger partial charge in [-0.3, -0.25) is 9.69 Å². The van der Waals surface area contributed by atoms with Gasteiger partial charge in [-0.1, -0.05) is 42.5 Å². The maximum Gasteiger partial charge on any atom is 0.269 e. The molecule has 0 bridgehead atoms. The number of aryl methyl sites for hydroxylation is 1. The Bertz CT molecular complexity index is 1360. The lowest BCUT2D eigenvalue weighted by Crippen LogP contribution is -2.42. The number of hydrogen-bond acceptors (Lipinski definition) is 6. The first-order valence-corrected chi connectivity index (χ1v) is 13.7. The van der Waals surface area contributed by atoms with E-state index in [2.05, 4.69) is 26.7 Å². The summed E-state index contributed by atoms with van der Waals surface area (Å²) in [4.78, 5) is 19.1. The molecule has 4 N–H and O–H groups in total. The van der Waals surface area contributed by atoms with Crippen LogP contribution >= 0.6 is 0 Å². The van der Waals surface area contributed by atoms with Crippen molar-refractivity contribution in [2.24, 2.45) is 5.73 Å². The number of carbonyl (C=O) groups is 1. The number of aromatic nitrogens is 2. The molecule has 9 nitrogen and oxygen atoms in total. The fourth-order valence-electron chi connectivity index (χ4n) is 5.24. The van der Waals surface area contributed by atoms with Gasteiger partial charge in [-0.15, -0.1) is 0 Å². The molecule has 1 aromatic heterocycles. The highest BCUT2D eigenvalue weighted by Gasteiger charge is 2.30. The van der Waals surface area contributed by atoms with Crippen LogP contribution in [0.2, 0.25) is 0 Å². The molecule has 0 saturated carbocycles. The number of aliphatic hydroxyl groups excluding tert-OH is 1. The minimum absolute atomic E-state index is 0.152. The van der Waals surface area contributed by atoms with Crippen LogP contribution in [-0.2, 0) is 42.4 Å². The summed E-state index contributed by atoms with van der Waals surface area (Å²) in [6.45, 7) is 2.40. The van der Waals surface area contributed by atoms with E-state index in [1.54, 1.807) is 30.3 Å². The maximum atomic E-state index is 12.8. The second-order valence-corrected chi connectivity index (χ2v) is 11.3. The smallest absolute Gasteiger partial charge is 0.269 e. The van der Waals surface area contributed by atoms with E-state index in [9.17, 15) is 18.3 Å². The molecule has 0 spiro atoms. The average Bonchev–Trinajstić information content (AvgIpc) is 3.22. The third-order valence-electron chi connectivity index (χ3n) is 6.99. The molecular weight excluding hydrogens is 478 g/mol. The number of nitrogens with two attached hydrogens (primary N) is 1. The molecule has 0 saturated heterocycles. The second-order valence-electron chi connectivity index (χ2n) is 9.58. The molecule has 36 heavy (non-hydrogen) atoms. The molecule has 0 fully saturated rings. The van der Waals surface area contributed by atoms with Crippen LogP contribution in [0.3, 0.4) is 0 Å². The van der Waals surface area contributed by atoms with Crippen molar-refractivity contribution in [3.05, 3.63) is 82.9 Å². The summed E-state index contributed by atoms with van der Waals surface area (Å²) in [6, 6.07) is 16.2. The summed E-state index contributed by atoms with van der Waals surface area (Å²) < 4.78 is 30.3. The number of sulfonamides is 1. The number of aliphatic hydroxyl groups is 1. The number of amides is 1. The number of benzene rings is 2. The molecule has 2 aliphatic heterocycles. The number of rotatable bonds is 8. The standard InChI is InChI=1S/C26H31N5O4S/c27-26(33)25-23(14-21(32)17-30-13-12-18-6-4-5-7-19(18)15-30)31-16-20(10-11-24(31)28-25)29-36(34,35)22-8-2-1-3-9-22/h1-9,20-21,29,32H,10-17H2,(H2,27,33)/t20?,21-/m1/s1. The maximum absolute atomic E-state index is 12.8. The highest BCUT2D eigenvalue weighted by atomic mass is 32.2. The van der Waals surface area contributed by atoms with E-state index in [-0.39, 0.29) is 23.1 Å². The molecule has 190 valence electrons. The van der Waals surface area contributed by atoms with E-state index >= 15 is 0 Å². The van der Waals surface area contributed by atoms with Gasteiger partial charge >= 0.3 is 0 Å². The first kappa shape index (κ1) is 24.6. The van der Waals surface area contributed by atoms with Crippen molar-refractivity contribution < 1.29 is 18.3 Å². The van der Waals surface area contributed by atoms with Crippen molar-refractivity contribution in [3.63, 3.8) is 0 Å². The zero-order chi connectivity index (χ0) is 25.3. The molecule has 2 atom stereocenters. The number of fused-ring (bicyclic) bond motifs is 2. The van der Waals surface area contributed by atoms with Crippen molar-refractivity contribution in [1.29, 1.82) is 0 Å². The van der Waals surface area contributed by atoms with Crippen LogP contribution in [0.1, 0.15) is 39.6 Å². The predicted octanol–water partition coefficient (Wildman–Crippen LogP) is 1.24. The summed E-state index contributed by atoms with van der Waals surface area (Å²) in [7, 11) is -3.68. The Labute approximate surface area is 211 Å². The van der Waals surface area contributed by atoms with Crippen LogP contribution in [-0.4, -0.2) is 59.1 Å². The van der Waals surface area contributed by atoms with Gasteiger partial charge in [0.15, 0.2) is 0 Å². The predicted molar refractivity (Wildman–Crippen MR) is 135 cm³/mol. The second kappa shape index (κ2) is 10.1. The van der Waals surface area contributed by atoms with E-state index in [4.69, 9.17) is 5.73 Å². The topological polar surface area (TPSA) is 131 Å². The van der Waals surface area contributed by atoms with Gasteiger partial charge in [-0.05, 0) is 36.1 Å². The van der Waals surface area contributed by atoms with E-state index in [1.807, 2.05) is 16.7 Å². The molecule has 0 radical (unpaired) electrons. The van der Waals surface area contributed by atoms with Crippen LogP contribution < -0.4 is 10.5 Å². The lowest BCUT2D eigenvalue weighted by atomic mass is 9.99. The van der Waals surface area contributed by atoms with E-state index in [0.717, 1.165) is 19.5 Å². The highest BCUT2D eigenvalue weighted by molar-refractivity contribution is 7.89. The third-order valence-corrected chi connectivity index (χ3v) is 8.52. The summed E-state index contributed by atoms with van der Waals surface area (Å²) >= 11 is 0. The van der Waals surface area contributed by atoms with E-state index < -0.39 is 22.0 Å². The Hall–Kier alpha value is -3.05. The number of primary amides is 1. The van der Waals surface area contributed by atoms with Crippen molar-refractivity contribution in [2.45, 2.75) is 55.8 Å². The molecule has 10 heteroatoms. The van der Waals surface area contributed by atoms with Crippen LogP contribution in [0.15, 0.2) is 59.5 Å². The lowest BCUT2D eigenvalue weighted by molar-refractivity contribution is 0.0980. The average molecular weight is 510 g/mol. The monoisotopic (exact) mass is 509 g/mol. The minimum Gasteiger partial charge on any atom is -0.391 e. The highest BCUT2D eigenvalue weighted by Crippen LogP contribution is 2.24. The molecular formula is C26H31N5O4S. The summed E-state index contributed by atoms with van der Waals surface area (Å²) in [5.74, 6) is 0.0421. The van der Waals surface area contributed by atoms with Crippen molar-refractivity contribution >= 4 is 15.9 Å². The Morgan fingerprint density at radius 2 is 1.83 bits per heavy atom. The lowest BCUT2D eigenvalue weighted by Gasteiger charge is -2.31. The SMILES string of the molecule is NC(=O)c1nc2n(c1C[C@@H](O)CN1CCc3ccccc3C1)CC(NS(=O)(=O)c1ccccc1)CC2. The van der Waals surface area contributed by atoms with E-state index in [1.165, 1.54) is 11.1 Å². The first-order valence-electron chi connectivity index (χ1n) is 12.2. The van der Waals surface area contributed by atoms with Crippen LogP contribution in [0, 0.1) is 0 Å². The van der Waals surface area contributed by atoms with E-state index in [0.29, 0.717) is 37.4 Å². The van der Waals surface area contributed by atoms with Gasteiger partial charge in [0.05, 0.1) is 16.7 Å². The largest absolute Gasteiger partial charge is 0.391 e. The Kier molecular flexibility index (Phi) is 6.94. The summed E-state index contributed by atoms with van der Waals surface area (Å²) in [6.07, 6.45) is 1.47. The van der Waals surface area contributed by atoms with Crippen LogP contribution in [0.25, 0.3) is 0 Å². The Morgan fingerprint density at radius 3 is 2.58 bits per heavy atom. The van der Waals surface area contributed by atoms with Gasteiger partial charge in [0.2, 0.25) is 10.0 Å². The number of nitrogens with one attached hydrogen (secondary N) is 1. The van der Waals surface area contributed by atoms with Gasteiger partial charge in [-0.25, -0.2) is 18.1 Å². The van der Waals surface area contributed by atoms with Crippen molar-refractivity contribution in [3.8, 4) is 0 Å². The van der Waals surface area contributed by atoms with Gasteiger partial charge in [0.1, 0.15) is 11.5 Å².